The van der Waals surface area contributed by atoms with Gasteiger partial charge in [-0.1, -0.05) is 37.3 Å². The Balaban J connectivity index is 2.18. The molecule has 2 aromatic carbocycles. The summed E-state index contributed by atoms with van der Waals surface area (Å²) in [7, 11) is 1.28. The minimum atomic E-state index is -0.776. The average Bonchev–Trinajstić information content (AvgIpc) is 2.76. The van der Waals surface area contributed by atoms with Crippen molar-refractivity contribution in [3.63, 3.8) is 0 Å². The molecule has 0 spiro atoms. The molecule has 0 fully saturated rings. The van der Waals surface area contributed by atoms with Crippen LogP contribution in [-0.2, 0) is 20.9 Å². The number of nitrogens with zero attached hydrogens (tertiary/aromatic N) is 2. The van der Waals surface area contributed by atoms with Gasteiger partial charge in [0.05, 0.1) is 28.6 Å². The molecule has 0 bridgehead atoms. The number of methoxy groups -OCH3 is 1. The molecule has 31 heavy (non-hydrogen) atoms. The second-order valence-corrected chi connectivity index (χ2v) is 7.79. The van der Waals surface area contributed by atoms with E-state index < -0.39 is 22.7 Å². The first kappa shape index (κ1) is 23.9. The predicted octanol–water partition coefficient (Wildman–Crippen LogP) is 2.62. The summed E-state index contributed by atoms with van der Waals surface area (Å²) in [4.78, 5) is 48.6. The summed E-state index contributed by atoms with van der Waals surface area (Å²) in [5.74, 6) is -2.13. The molecule has 0 aromatic heterocycles. The molecule has 2 amide bonds. The van der Waals surface area contributed by atoms with E-state index in [1.165, 1.54) is 24.1 Å². The number of nitro benzene ring substituents is 1. The van der Waals surface area contributed by atoms with Crippen molar-refractivity contribution >= 4 is 35.2 Å². The number of thioether (sulfide) groups is 1. The van der Waals surface area contributed by atoms with Gasteiger partial charge in [0.15, 0.2) is 0 Å². The maximum absolute atomic E-state index is 12.9. The van der Waals surface area contributed by atoms with Crippen LogP contribution >= 0.6 is 11.8 Å². The minimum Gasteiger partial charge on any atom is -0.469 e. The lowest BCUT2D eigenvalue weighted by Crippen LogP contribution is -2.37. The Bertz CT molecular complexity index is 967. The molecule has 0 saturated heterocycles. The third kappa shape index (κ3) is 6.82. The SMILES string of the molecule is COC(=O)C(C)CN(Cc1ccccc1)C(=O)CSc1ccc(C(N)=O)cc1[N+](=O)[O-]. The van der Waals surface area contributed by atoms with Crippen LogP contribution < -0.4 is 5.73 Å². The molecule has 164 valence electrons. The number of primary amides is 1. The summed E-state index contributed by atoms with van der Waals surface area (Å²) in [5.41, 5.74) is 5.78. The number of amides is 2. The summed E-state index contributed by atoms with van der Waals surface area (Å²) in [6.07, 6.45) is 0. The lowest BCUT2D eigenvalue weighted by Gasteiger charge is -2.25. The summed E-state index contributed by atoms with van der Waals surface area (Å²) in [6, 6.07) is 13.2. The third-order valence-corrected chi connectivity index (χ3v) is 5.51. The molecule has 1 unspecified atom stereocenters. The van der Waals surface area contributed by atoms with Crippen LogP contribution in [0.4, 0.5) is 5.69 Å². The molecule has 0 radical (unpaired) electrons. The normalized spacial score (nSPS) is 11.4. The quantitative estimate of drug-likeness (QED) is 0.257. The van der Waals surface area contributed by atoms with Crippen LogP contribution in [0, 0.1) is 16.0 Å². The number of nitro groups is 1. The summed E-state index contributed by atoms with van der Waals surface area (Å²) < 4.78 is 4.75. The van der Waals surface area contributed by atoms with Crippen LogP contribution in [-0.4, -0.2) is 47.0 Å². The van der Waals surface area contributed by atoms with Crippen LogP contribution in [0.1, 0.15) is 22.8 Å². The summed E-state index contributed by atoms with van der Waals surface area (Å²) in [6.45, 7) is 2.09. The van der Waals surface area contributed by atoms with Crippen LogP contribution in [0.2, 0.25) is 0 Å². The first-order valence-electron chi connectivity index (χ1n) is 9.33. The summed E-state index contributed by atoms with van der Waals surface area (Å²) in [5, 5.41) is 11.4. The monoisotopic (exact) mass is 445 g/mol. The lowest BCUT2D eigenvalue weighted by molar-refractivity contribution is -0.387. The van der Waals surface area contributed by atoms with E-state index in [1.807, 2.05) is 30.3 Å². The van der Waals surface area contributed by atoms with E-state index in [0.29, 0.717) is 0 Å². The van der Waals surface area contributed by atoms with Gasteiger partial charge in [-0.05, 0) is 17.7 Å². The Hall–Kier alpha value is -3.40. The molecule has 0 aliphatic rings. The molecule has 0 aliphatic carbocycles. The van der Waals surface area contributed by atoms with E-state index in [9.17, 15) is 24.5 Å². The highest BCUT2D eigenvalue weighted by Gasteiger charge is 2.23. The molecule has 0 heterocycles. The lowest BCUT2D eigenvalue weighted by atomic mass is 10.1. The van der Waals surface area contributed by atoms with Crippen molar-refractivity contribution in [3.8, 4) is 0 Å². The fraction of sp³-hybridized carbons (Fsp3) is 0.286. The van der Waals surface area contributed by atoms with E-state index >= 15 is 0 Å². The zero-order valence-corrected chi connectivity index (χ0v) is 18.0. The molecule has 1 atom stereocenters. The van der Waals surface area contributed by atoms with Crippen molar-refractivity contribution < 1.29 is 24.0 Å². The highest BCUT2D eigenvalue weighted by molar-refractivity contribution is 8.00. The molecule has 9 nitrogen and oxygen atoms in total. The second kappa shape index (κ2) is 11.1. The van der Waals surface area contributed by atoms with Crippen molar-refractivity contribution in [2.45, 2.75) is 18.4 Å². The number of carbonyl (C=O) groups is 3. The standard InChI is InChI=1S/C21H23N3O6S/c1-14(21(27)30-2)11-23(12-15-6-4-3-5-7-15)19(25)13-31-18-9-8-16(20(22)26)10-17(18)24(28)29/h3-10,14H,11-13H2,1-2H3,(H2,22,26). The van der Waals surface area contributed by atoms with Gasteiger partial charge >= 0.3 is 5.97 Å². The second-order valence-electron chi connectivity index (χ2n) is 6.78. The number of hydrogen-bond acceptors (Lipinski definition) is 7. The molecule has 2 N–H and O–H groups in total. The van der Waals surface area contributed by atoms with Gasteiger partial charge in [-0.3, -0.25) is 24.5 Å². The van der Waals surface area contributed by atoms with Gasteiger partial charge in [-0.15, -0.1) is 11.8 Å². The Morgan fingerprint density at radius 2 is 1.87 bits per heavy atom. The van der Waals surface area contributed by atoms with Gasteiger partial charge in [-0.2, -0.15) is 0 Å². The van der Waals surface area contributed by atoms with Crippen molar-refractivity contribution in [2.24, 2.45) is 11.7 Å². The Morgan fingerprint density at radius 3 is 2.45 bits per heavy atom. The number of hydrogen-bond donors (Lipinski definition) is 1. The van der Waals surface area contributed by atoms with Gasteiger partial charge in [0.25, 0.3) is 5.69 Å². The van der Waals surface area contributed by atoms with Crippen molar-refractivity contribution in [1.82, 2.24) is 4.90 Å². The number of esters is 1. The van der Waals surface area contributed by atoms with E-state index in [-0.39, 0.29) is 40.9 Å². The zero-order chi connectivity index (χ0) is 23.0. The smallest absolute Gasteiger partial charge is 0.310 e. The van der Waals surface area contributed by atoms with E-state index in [1.54, 1.807) is 6.92 Å². The maximum Gasteiger partial charge on any atom is 0.310 e. The van der Waals surface area contributed by atoms with Gasteiger partial charge in [0.1, 0.15) is 0 Å². The highest BCUT2D eigenvalue weighted by atomic mass is 32.2. The molecule has 2 rings (SSSR count). The molecule has 2 aromatic rings. The number of nitrogens with two attached hydrogens (primary N) is 1. The van der Waals surface area contributed by atoms with Gasteiger partial charge < -0.3 is 15.4 Å². The van der Waals surface area contributed by atoms with Crippen LogP contribution in [0.5, 0.6) is 0 Å². The van der Waals surface area contributed by atoms with Crippen LogP contribution in [0.15, 0.2) is 53.4 Å². The first-order valence-corrected chi connectivity index (χ1v) is 10.3. The fourth-order valence-electron chi connectivity index (χ4n) is 2.83. The zero-order valence-electron chi connectivity index (χ0n) is 17.1. The van der Waals surface area contributed by atoms with E-state index in [4.69, 9.17) is 10.5 Å². The van der Waals surface area contributed by atoms with Crippen molar-refractivity contribution in [3.05, 3.63) is 69.8 Å². The Labute approximate surface area is 183 Å². The fourth-order valence-corrected chi connectivity index (χ4v) is 3.74. The van der Waals surface area contributed by atoms with Crippen LogP contribution in [0.3, 0.4) is 0 Å². The van der Waals surface area contributed by atoms with Gasteiger partial charge in [-0.25, -0.2) is 0 Å². The van der Waals surface area contributed by atoms with E-state index in [0.717, 1.165) is 23.4 Å². The van der Waals surface area contributed by atoms with Crippen molar-refractivity contribution in [1.29, 1.82) is 0 Å². The minimum absolute atomic E-state index is 0.0139. The first-order chi connectivity index (χ1) is 14.7. The Kier molecular flexibility index (Phi) is 8.56. The Morgan fingerprint density at radius 1 is 1.19 bits per heavy atom. The number of rotatable bonds is 10. The highest BCUT2D eigenvalue weighted by Crippen LogP contribution is 2.30. The van der Waals surface area contributed by atoms with Crippen molar-refractivity contribution in [2.75, 3.05) is 19.4 Å². The molecular formula is C21H23N3O6S. The largest absolute Gasteiger partial charge is 0.469 e. The molecular weight excluding hydrogens is 422 g/mol. The topological polar surface area (TPSA) is 133 Å². The third-order valence-electron chi connectivity index (χ3n) is 4.46. The maximum atomic E-state index is 12.9. The predicted molar refractivity (Wildman–Crippen MR) is 115 cm³/mol. The average molecular weight is 445 g/mol. The number of benzene rings is 2. The summed E-state index contributed by atoms with van der Waals surface area (Å²) >= 11 is 0.983. The number of carbonyl (C=O) groups excluding carboxylic acids is 3. The molecule has 0 saturated carbocycles. The molecule has 10 heteroatoms. The van der Waals surface area contributed by atoms with E-state index in [2.05, 4.69) is 0 Å². The van der Waals surface area contributed by atoms with Gasteiger partial charge in [0, 0.05) is 24.7 Å². The van der Waals surface area contributed by atoms with Crippen LogP contribution in [0.25, 0.3) is 0 Å². The molecule has 0 aliphatic heterocycles. The number of ether oxygens (including phenoxy) is 1. The van der Waals surface area contributed by atoms with Gasteiger partial charge in [0.2, 0.25) is 11.8 Å².